The zero-order chi connectivity index (χ0) is 8.69. The maximum Gasteiger partial charge on any atom is 0.305 e. The Kier molecular flexibility index (Phi) is 5.78. The van der Waals surface area contributed by atoms with E-state index < -0.39 is 6.04 Å². The maximum absolute atomic E-state index is 10.7. The minimum absolute atomic E-state index is 0.106. The van der Waals surface area contributed by atoms with Gasteiger partial charge < -0.3 is 15.6 Å². The fourth-order valence-electron chi connectivity index (χ4n) is 0.529. The Morgan fingerprint density at radius 3 is 2.82 bits per heavy atom. The van der Waals surface area contributed by atoms with Crippen molar-refractivity contribution >= 4 is 5.97 Å². The maximum atomic E-state index is 10.7. The van der Waals surface area contributed by atoms with E-state index in [1.807, 2.05) is 6.92 Å². The molecule has 0 heterocycles. The smallest absolute Gasteiger partial charge is 0.305 e. The van der Waals surface area contributed by atoms with Crippen LogP contribution in [0.2, 0.25) is 0 Å². The van der Waals surface area contributed by atoms with Crippen LogP contribution in [0.5, 0.6) is 0 Å². The number of aliphatic hydroxyl groups excluding tert-OH is 1. The Balaban J connectivity index is 3.30. The molecule has 1 atom stereocenters. The van der Waals surface area contributed by atoms with Gasteiger partial charge in [-0.2, -0.15) is 0 Å². The second-order valence-corrected chi connectivity index (χ2v) is 2.38. The van der Waals surface area contributed by atoms with Crippen LogP contribution in [0.15, 0.2) is 0 Å². The van der Waals surface area contributed by atoms with E-state index in [1.165, 1.54) is 0 Å². The monoisotopic (exact) mass is 161 g/mol. The van der Waals surface area contributed by atoms with Gasteiger partial charge in [-0.25, -0.2) is 0 Å². The number of hydrogen-bond donors (Lipinski definition) is 2. The van der Waals surface area contributed by atoms with Crippen molar-refractivity contribution < 1.29 is 14.6 Å². The highest BCUT2D eigenvalue weighted by Crippen LogP contribution is 1.91. The number of esters is 1. The van der Waals surface area contributed by atoms with Crippen molar-refractivity contribution in [3.05, 3.63) is 0 Å². The van der Waals surface area contributed by atoms with Gasteiger partial charge in [-0.1, -0.05) is 6.92 Å². The first kappa shape index (κ1) is 10.4. The number of carbonyl (C=O) groups is 1. The minimum Gasteiger partial charge on any atom is -0.464 e. The third-order valence-electron chi connectivity index (χ3n) is 1.15. The molecule has 4 nitrogen and oxygen atoms in total. The molecule has 0 saturated carbocycles. The molecule has 0 unspecified atom stereocenters. The number of aliphatic hydroxyl groups is 1. The Morgan fingerprint density at radius 2 is 2.36 bits per heavy atom. The lowest BCUT2D eigenvalue weighted by Gasteiger charge is -2.08. The number of hydrogen-bond acceptors (Lipinski definition) is 4. The van der Waals surface area contributed by atoms with Gasteiger partial charge in [-0.05, 0) is 6.42 Å². The van der Waals surface area contributed by atoms with Gasteiger partial charge in [0.25, 0.3) is 0 Å². The van der Waals surface area contributed by atoms with Crippen LogP contribution >= 0.6 is 0 Å². The van der Waals surface area contributed by atoms with E-state index in [9.17, 15) is 4.79 Å². The van der Waals surface area contributed by atoms with Crippen LogP contribution in [0.4, 0.5) is 0 Å². The molecule has 0 aromatic rings. The van der Waals surface area contributed by atoms with E-state index in [4.69, 9.17) is 15.6 Å². The lowest BCUT2D eigenvalue weighted by Crippen LogP contribution is -2.31. The van der Waals surface area contributed by atoms with Crippen LogP contribution in [-0.2, 0) is 9.53 Å². The largest absolute Gasteiger partial charge is 0.464 e. The quantitative estimate of drug-likeness (QED) is 0.540. The van der Waals surface area contributed by atoms with E-state index in [0.29, 0.717) is 6.42 Å². The molecule has 0 spiro atoms. The molecule has 11 heavy (non-hydrogen) atoms. The summed E-state index contributed by atoms with van der Waals surface area (Å²) < 4.78 is 4.71. The van der Waals surface area contributed by atoms with Crippen molar-refractivity contribution in [3.63, 3.8) is 0 Å². The second-order valence-electron chi connectivity index (χ2n) is 2.38. The zero-order valence-electron chi connectivity index (χ0n) is 6.75. The molecule has 0 aliphatic carbocycles. The van der Waals surface area contributed by atoms with Gasteiger partial charge in [0.05, 0.1) is 12.6 Å². The van der Waals surface area contributed by atoms with Gasteiger partial charge in [-0.15, -0.1) is 0 Å². The van der Waals surface area contributed by atoms with Gasteiger partial charge in [0.1, 0.15) is 6.61 Å². The summed E-state index contributed by atoms with van der Waals surface area (Å²) in [5.41, 5.74) is 5.29. The van der Waals surface area contributed by atoms with E-state index in [1.54, 1.807) is 0 Å². The second kappa shape index (κ2) is 6.12. The summed E-state index contributed by atoms with van der Waals surface area (Å²) >= 11 is 0. The third kappa shape index (κ3) is 5.82. The molecule has 0 rings (SSSR count). The minimum atomic E-state index is -0.448. The zero-order valence-corrected chi connectivity index (χ0v) is 6.75. The Hall–Kier alpha value is -0.610. The first-order valence-electron chi connectivity index (χ1n) is 3.72. The van der Waals surface area contributed by atoms with Crippen molar-refractivity contribution in [1.29, 1.82) is 0 Å². The van der Waals surface area contributed by atoms with Crippen LogP contribution in [0.1, 0.15) is 19.8 Å². The van der Waals surface area contributed by atoms with Gasteiger partial charge in [0.2, 0.25) is 0 Å². The topological polar surface area (TPSA) is 72.5 Å². The average Bonchev–Trinajstić information content (AvgIpc) is 2.01. The first-order valence-corrected chi connectivity index (χ1v) is 3.72. The molecule has 0 saturated heterocycles. The molecule has 0 aromatic heterocycles. The van der Waals surface area contributed by atoms with Crippen molar-refractivity contribution in [2.24, 2.45) is 5.73 Å². The van der Waals surface area contributed by atoms with Crippen molar-refractivity contribution in [2.75, 3.05) is 13.2 Å². The molecule has 0 radical (unpaired) electrons. The Morgan fingerprint density at radius 1 is 1.73 bits per heavy atom. The fourth-order valence-corrected chi connectivity index (χ4v) is 0.529. The molecular weight excluding hydrogens is 146 g/mol. The lowest BCUT2D eigenvalue weighted by molar-refractivity contribution is -0.144. The summed E-state index contributed by atoms with van der Waals surface area (Å²) in [6.07, 6.45) is 1.19. The molecule has 0 amide bonds. The number of nitrogens with two attached hydrogens (primary N) is 1. The van der Waals surface area contributed by atoms with Crippen LogP contribution in [-0.4, -0.2) is 30.3 Å². The Bertz CT molecular complexity index is 116. The molecule has 3 N–H and O–H groups in total. The van der Waals surface area contributed by atoms with Crippen LogP contribution in [0.3, 0.4) is 0 Å². The summed E-state index contributed by atoms with van der Waals surface area (Å²) in [6, 6.07) is -0.448. The summed E-state index contributed by atoms with van der Waals surface area (Å²) in [7, 11) is 0. The molecule has 4 heteroatoms. The SMILES string of the molecule is CCCC(=O)OC[C@@H](N)CO. The van der Waals surface area contributed by atoms with E-state index in [2.05, 4.69) is 0 Å². The van der Waals surface area contributed by atoms with Gasteiger partial charge in [-0.3, -0.25) is 4.79 Å². The van der Waals surface area contributed by atoms with Crippen LogP contribution < -0.4 is 5.73 Å². The van der Waals surface area contributed by atoms with Gasteiger partial charge in [0, 0.05) is 6.42 Å². The molecule has 66 valence electrons. The highest BCUT2D eigenvalue weighted by molar-refractivity contribution is 5.69. The number of rotatable bonds is 5. The molecule has 0 bridgehead atoms. The predicted octanol–water partition coefficient (Wildman–Crippen LogP) is -0.351. The molecular formula is C7H15NO3. The Labute approximate surface area is 66.3 Å². The fraction of sp³-hybridized carbons (Fsp3) is 0.857. The van der Waals surface area contributed by atoms with E-state index in [0.717, 1.165) is 6.42 Å². The lowest BCUT2D eigenvalue weighted by atomic mass is 10.3. The average molecular weight is 161 g/mol. The number of ether oxygens (including phenoxy) is 1. The van der Waals surface area contributed by atoms with E-state index >= 15 is 0 Å². The van der Waals surface area contributed by atoms with Crippen LogP contribution in [0, 0.1) is 0 Å². The molecule has 0 fully saturated rings. The highest BCUT2D eigenvalue weighted by Gasteiger charge is 2.04. The summed E-state index contributed by atoms with van der Waals surface area (Å²) in [6.45, 7) is 1.85. The van der Waals surface area contributed by atoms with Gasteiger partial charge >= 0.3 is 5.97 Å². The standard InChI is InChI=1S/C7H15NO3/c1-2-3-7(10)11-5-6(8)4-9/h6,9H,2-5,8H2,1H3/t6-/m0/s1. The molecule has 0 aromatic carbocycles. The molecule has 0 aliphatic heterocycles. The summed E-state index contributed by atoms with van der Waals surface area (Å²) in [5, 5.41) is 8.46. The normalized spacial score (nSPS) is 12.6. The van der Waals surface area contributed by atoms with Crippen molar-refractivity contribution in [2.45, 2.75) is 25.8 Å². The highest BCUT2D eigenvalue weighted by atomic mass is 16.5. The van der Waals surface area contributed by atoms with Gasteiger partial charge in [0.15, 0.2) is 0 Å². The van der Waals surface area contributed by atoms with E-state index in [-0.39, 0.29) is 19.2 Å². The number of carbonyl (C=O) groups excluding carboxylic acids is 1. The third-order valence-corrected chi connectivity index (χ3v) is 1.15. The van der Waals surface area contributed by atoms with Crippen molar-refractivity contribution in [3.8, 4) is 0 Å². The first-order chi connectivity index (χ1) is 5.20. The van der Waals surface area contributed by atoms with Crippen molar-refractivity contribution in [1.82, 2.24) is 0 Å². The summed E-state index contributed by atoms with van der Waals surface area (Å²) in [4.78, 5) is 10.7. The van der Waals surface area contributed by atoms with Crippen LogP contribution in [0.25, 0.3) is 0 Å². The predicted molar refractivity (Wildman–Crippen MR) is 40.9 cm³/mol. The summed E-state index contributed by atoms with van der Waals surface area (Å²) in [5.74, 6) is -0.253. The molecule has 0 aliphatic rings.